The van der Waals surface area contributed by atoms with Crippen LogP contribution in [0.1, 0.15) is 143 Å². The maximum absolute atomic E-state index is 10.7. The molecule has 1 aromatic carbocycles. The van der Waals surface area contributed by atoms with E-state index in [9.17, 15) is 5.11 Å². The molecule has 0 aliphatic carbocycles. The Hall–Kier alpha value is -1.06. The molecule has 0 spiro atoms. The molecule has 3 heteroatoms. The monoisotopic (exact) mass is 490 g/mol. The molecule has 0 fully saturated rings. The van der Waals surface area contributed by atoms with Crippen LogP contribution in [0.25, 0.3) is 0 Å². The van der Waals surface area contributed by atoms with Crippen molar-refractivity contribution >= 4 is 0 Å². The molecule has 0 heterocycles. The number of hydrogen-bond acceptors (Lipinski definition) is 3. The second kappa shape index (κ2) is 18.2. The normalized spacial score (nSPS) is 12.4. The third-order valence-corrected chi connectivity index (χ3v) is 6.95. The molecule has 1 rings (SSSR count). The smallest absolute Gasteiger partial charge is 0.119 e. The summed E-state index contributed by atoms with van der Waals surface area (Å²) in [6.45, 7) is 14.8. The summed E-state index contributed by atoms with van der Waals surface area (Å²) in [7, 11) is 0. The van der Waals surface area contributed by atoms with E-state index >= 15 is 0 Å². The molecular formula is C32H58O3. The van der Waals surface area contributed by atoms with Crippen LogP contribution in [0.3, 0.4) is 0 Å². The second-order valence-corrected chi connectivity index (χ2v) is 11.7. The first-order chi connectivity index (χ1) is 16.7. The summed E-state index contributed by atoms with van der Waals surface area (Å²) in [5, 5.41) is 10.7. The topological polar surface area (TPSA) is 38.7 Å². The first kappa shape index (κ1) is 32.0. The Morgan fingerprint density at radius 1 is 0.600 bits per heavy atom. The van der Waals surface area contributed by atoms with Gasteiger partial charge < -0.3 is 14.6 Å². The molecule has 0 unspecified atom stereocenters. The molecular weight excluding hydrogens is 432 g/mol. The molecule has 1 aromatic rings. The lowest BCUT2D eigenvalue weighted by molar-refractivity contribution is -0.0231. The fourth-order valence-corrected chi connectivity index (χ4v) is 4.79. The number of rotatable bonds is 22. The number of hydrogen-bond donors (Lipinski definition) is 1. The molecule has 0 atom stereocenters. The molecule has 0 aliphatic heterocycles. The molecule has 0 bridgehead atoms. The SMILES string of the molecule is CCCCCCCCCOC(C)(C)Cc1cccc(O)c1CC(C)(C)OCCCCCCCCC. The van der Waals surface area contributed by atoms with Gasteiger partial charge in [-0.2, -0.15) is 0 Å². The minimum atomic E-state index is -0.307. The standard InChI is InChI=1S/C32H58O3/c1-7-9-11-13-15-17-19-24-34-31(3,4)26-28-22-21-23-30(33)29(28)27-32(5,6)35-25-20-18-16-14-12-10-8-2/h21-23,33H,7-20,24-27H2,1-6H3. The molecule has 0 saturated heterocycles. The molecule has 0 radical (unpaired) electrons. The highest BCUT2D eigenvalue weighted by Gasteiger charge is 2.26. The summed E-state index contributed by atoms with van der Waals surface area (Å²) in [4.78, 5) is 0. The Labute approximate surface area is 218 Å². The number of aromatic hydroxyl groups is 1. The second-order valence-electron chi connectivity index (χ2n) is 11.7. The van der Waals surface area contributed by atoms with Gasteiger partial charge in [-0.3, -0.25) is 0 Å². The zero-order valence-electron chi connectivity index (χ0n) is 24.2. The summed E-state index contributed by atoms with van der Waals surface area (Å²) < 4.78 is 12.6. The summed E-state index contributed by atoms with van der Waals surface area (Å²) in [6.07, 6.45) is 19.6. The summed E-state index contributed by atoms with van der Waals surface area (Å²) in [6, 6.07) is 5.89. The van der Waals surface area contributed by atoms with E-state index in [1.54, 1.807) is 6.07 Å². The summed E-state index contributed by atoms with van der Waals surface area (Å²) in [5.74, 6) is 0.373. The van der Waals surface area contributed by atoms with Crippen LogP contribution < -0.4 is 0 Å². The minimum Gasteiger partial charge on any atom is -0.508 e. The Morgan fingerprint density at radius 3 is 1.51 bits per heavy atom. The molecule has 0 aliphatic rings. The largest absolute Gasteiger partial charge is 0.508 e. The van der Waals surface area contributed by atoms with E-state index in [0.29, 0.717) is 12.2 Å². The maximum atomic E-state index is 10.7. The lowest BCUT2D eigenvalue weighted by atomic mass is 9.88. The average Bonchev–Trinajstić information content (AvgIpc) is 2.79. The molecule has 3 nitrogen and oxygen atoms in total. The van der Waals surface area contributed by atoms with Crippen molar-refractivity contribution in [2.24, 2.45) is 0 Å². The van der Waals surface area contributed by atoms with Gasteiger partial charge in [0.05, 0.1) is 11.2 Å². The van der Waals surface area contributed by atoms with Crippen LogP contribution in [-0.2, 0) is 22.3 Å². The van der Waals surface area contributed by atoms with Gasteiger partial charge in [0.2, 0.25) is 0 Å². The molecule has 35 heavy (non-hydrogen) atoms. The minimum absolute atomic E-state index is 0.256. The molecule has 0 saturated carbocycles. The fourth-order valence-electron chi connectivity index (χ4n) is 4.79. The third-order valence-electron chi connectivity index (χ3n) is 6.95. The van der Waals surface area contributed by atoms with Gasteiger partial charge >= 0.3 is 0 Å². The van der Waals surface area contributed by atoms with E-state index < -0.39 is 0 Å². The predicted octanol–water partition coefficient (Wildman–Crippen LogP) is 9.57. The van der Waals surface area contributed by atoms with Crippen LogP contribution in [0.4, 0.5) is 0 Å². The number of ether oxygens (including phenoxy) is 2. The van der Waals surface area contributed by atoms with Gasteiger partial charge in [0.15, 0.2) is 0 Å². The van der Waals surface area contributed by atoms with E-state index in [4.69, 9.17) is 9.47 Å². The molecule has 0 amide bonds. The Bertz CT molecular complexity index is 650. The van der Waals surface area contributed by atoms with Crippen molar-refractivity contribution in [1.82, 2.24) is 0 Å². The van der Waals surface area contributed by atoms with Crippen LogP contribution >= 0.6 is 0 Å². The van der Waals surface area contributed by atoms with Crippen LogP contribution in [-0.4, -0.2) is 29.5 Å². The van der Waals surface area contributed by atoms with E-state index in [2.05, 4.69) is 47.6 Å². The van der Waals surface area contributed by atoms with E-state index in [0.717, 1.165) is 38.0 Å². The van der Waals surface area contributed by atoms with Gasteiger partial charge in [0, 0.05) is 26.1 Å². The lowest BCUT2D eigenvalue weighted by Gasteiger charge is -2.30. The van der Waals surface area contributed by atoms with Gasteiger partial charge in [0.1, 0.15) is 5.75 Å². The van der Waals surface area contributed by atoms with Gasteiger partial charge in [-0.15, -0.1) is 0 Å². The van der Waals surface area contributed by atoms with E-state index in [-0.39, 0.29) is 11.2 Å². The highest BCUT2D eigenvalue weighted by atomic mass is 16.5. The number of phenols is 1. The van der Waals surface area contributed by atoms with E-state index in [1.165, 1.54) is 82.6 Å². The average molecular weight is 491 g/mol. The fraction of sp³-hybridized carbons (Fsp3) is 0.812. The molecule has 0 aromatic heterocycles. The lowest BCUT2D eigenvalue weighted by Crippen LogP contribution is -2.31. The van der Waals surface area contributed by atoms with Crippen molar-refractivity contribution in [1.29, 1.82) is 0 Å². The Balaban J connectivity index is 2.49. The number of phenolic OH excluding ortho intramolecular Hbond substituents is 1. The van der Waals surface area contributed by atoms with Crippen LogP contribution in [0.5, 0.6) is 5.75 Å². The van der Waals surface area contributed by atoms with Gasteiger partial charge in [-0.1, -0.05) is 103 Å². The highest BCUT2D eigenvalue weighted by molar-refractivity contribution is 5.41. The zero-order valence-corrected chi connectivity index (χ0v) is 24.2. The van der Waals surface area contributed by atoms with Crippen LogP contribution in [0, 0.1) is 0 Å². The van der Waals surface area contributed by atoms with Gasteiger partial charge in [-0.25, -0.2) is 0 Å². The highest BCUT2D eigenvalue weighted by Crippen LogP contribution is 2.31. The van der Waals surface area contributed by atoms with Crippen molar-refractivity contribution < 1.29 is 14.6 Å². The van der Waals surface area contributed by atoms with E-state index in [1.807, 2.05) is 6.07 Å². The van der Waals surface area contributed by atoms with Crippen molar-refractivity contribution in [2.45, 2.75) is 155 Å². The summed E-state index contributed by atoms with van der Waals surface area (Å²) >= 11 is 0. The van der Waals surface area contributed by atoms with Crippen molar-refractivity contribution in [2.75, 3.05) is 13.2 Å². The summed E-state index contributed by atoms with van der Waals surface area (Å²) in [5.41, 5.74) is 1.61. The van der Waals surface area contributed by atoms with Crippen molar-refractivity contribution in [3.63, 3.8) is 0 Å². The quantitative estimate of drug-likeness (QED) is 0.164. The van der Waals surface area contributed by atoms with Crippen LogP contribution in [0.15, 0.2) is 18.2 Å². The number of benzene rings is 1. The van der Waals surface area contributed by atoms with Gasteiger partial charge in [0.25, 0.3) is 0 Å². The Kier molecular flexibility index (Phi) is 16.6. The maximum Gasteiger partial charge on any atom is 0.119 e. The van der Waals surface area contributed by atoms with Crippen molar-refractivity contribution in [3.8, 4) is 5.75 Å². The van der Waals surface area contributed by atoms with Crippen molar-refractivity contribution in [3.05, 3.63) is 29.3 Å². The third kappa shape index (κ3) is 15.6. The first-order valence-electron chi connectivity index (χ1n) is 14.8. The van der Waals surface area contributed by atoms with Crippen LogP contribution in [0.2, 0.25) is 0 Å². The predicted molar refractivity (Wildman–Crippen MR) is 152 cm³/mol. The zero-order chi connectivity index (χ0) is 26.0. The Morgan fingerprint density at radius 2 is 1.03 bits per heavy atom. The molecule has 1 N–H and O–H groups in total. The van der Waals surface area contributed by atoms with Gasteiger partial charge in [-0.05, 0) is 57.7 Å². The molecule has 204 valence electrons. The first-order valence-corrected chi connectivity index (χ1v) is 14.8. The number of unbranched alkanes of at least 4 members (excludes halogenated alkanes) is 12.